The number of fused-ring (bicyclic) bond motifs is 1. The number of hydrogen-bond acceptors (Lipinski definition) is 4. The van der Waals surface area contributed by atoms with Gasteiger partial charge in [-0.05, 0) is 81.0 Å². The molecule has 0 atom stereocenters. The lowest BCUT2D eigenvalue weighted by Crippen LogP contribution is -2.48. The van der Waals surface area contributed by atoms with E-state index in [2.05, 4.69) is 22.0 Å². The molecular weight excluding hydrogens is 533 g/mol. The van der Waals surface area contributed by atoms with Crippen molar-refractivity contribution in [2.45, 2.75) is 57.9 Å². The molecule has 2 aliphatic rings. The Balaban J connectivity index is 1.15. The molecule has 5 rings (SSSR count). The number of benzene rings is 2. The van der Waals surface area contributed by atoms with Crippen molar-refractivity contribution in [2.24, 2.45) is 0 Å². The van der Waals surface area contributed by atoms with E-state index in [9.17, 15) is 22.8 Å². The van der Waals surface area contributed by atoms with Gasteiger partial charge in [0.15, 0.2) is 0 Å². The third kappa shape index (κ3) is 7.04. The molecule has 2 aromatic carbocycles. The predicted molar refractivity (Wildman–Crippen MR) is 151 cm³/mol. The van der Waals surface area contributed by atoms with E-state index in [-0.39, 0.29) is 12.0 Å². The quantitative estimate of drug-likeness (QED) is 0.402. The number of piperazine rings is 1. The Kier molecular flexibility index (Phi) is 8.05. The average Bonchev–Trinajstić information content (AvgIpc) is 3.36. The molecule has 220 valence electrons. The number of aromatic nitrogens is 1. The number of hydrogen-bond donors (Lipinski definition) is 1. The van der Waals surface area contributed by atoms with Crippen LogP contribution in [0.3, 0.4) is 0 Å². The van der Waals surface area contributed by atoms with Crippen molar-refractivity contribution < 1.29 is 27.5 Å². The van der Waals surface area contributed by atoms with Gasteiger partial charge in [0, 0.05) is 56.7 Å². The van der Waals surface area contributed by atoms with Crippen molar-refractivity contribution in [1.82, 2.24) is 19.7 Å². The molecule has 0 aliphatic carbocycles. The molecule has 7 nitrogen and oxygen atoms in total. The number of piperidine rings is 1. The highest BCUT2D eigenvalue weighted by Gasteiger charge is 2.31. The fourth-order valence-corrected chi connectivity index (χ4v) is 5.58. The maximum atomic E-state index is 13.3. The summed E-state index contributed by atoms with van der Waals surface area (Å²) in [6.07, 6.45) is -2.88. The van der Waals surface area contributed by atoms with Gasteiger partial charge >= 0.3 is 12.3 Å². The first-order valence-electron chi connectivity index (χ1n) is 14.1. The number of amides is 2. The smallest absolute Gasteiger partial charge is 0.416 e. The molecule has 3 aromatic rings. The minimum atomic E-state index is -4.34. The fraction of sp³-hybridized carbons (Fsp3) is 0.484. The maximum Gasteiger partial charge on any atom is 0.416 e. The number of nitrogens with zero attached hydrogens (tertiary/aromatic N) is 3. The number of H-pyrrole nitrogens is 1. The molecule has 2 saturated heterocycles. The van der Waals surface area contributed by atoms with Gasteiger partial charge in [-0.25, -0.2) is 4.79 Å². The summed E-state index contributed by atoms with van der Waals surface area (Å²) in [5, 5.41) is 0.987. The normalized spacial score (nSPS) is 17.7. The summed E-state index contributed by atoms with van der Waals surface area (Å²) in [6, 6.07) is 13.4. The van der Waals surface area contributed by atoms with Gasteiger partial charge < -0.3 is 19.5 Å². The Morgan fingerprint density at radius 3 is 2.15 bits per heavy atom. The molecule has 2 fully saturated rings. The van der Waals surface area contributed by atoms with Crippen molar-refractivity contribution in [3.05, 3.63) is 70.9 Å². The topological polar surface area (TPSA) is 68.9 Å². The molecule has 2 aliphatic heterocycles. The van der Waals surface area contributed by atoms with E-state index < -0.39 is 17.3 Å². The maximum absolute atomic E-state index is 13.3. The molecule has 0 radical (unpaired) electrons. The van der Waals surface area contributed by atoms with Gasteiger partial charge in [0.25, 0.3) is 5.91 Å². The lowest BCUT2D eigenvalue weighted by atomic mass is 9.89. The largest absolute Gasteiger partial charge is 0.444 e. The summed E-state index contributed by atoms with van der Waals surface area (Å²) < 4.78 is 44.0. The molecule has 1 aromatic heterocycles. The van der Waals surface area contributed by atoms with E-state index in [0.717, 1.165) is 41.4 Å². The van der Waals surface area contributed by atoms with Crippen LogP contribution >= 0.6 is 0 Å². The number of alkyl halides is 3. The third-order valence-electron chi connectivity index (χ3n) is 7.84. The summed E-state index contributed by atoms with van der Waals surface area (Å²) in [5.74, 6) is 0.285. The zero-order valence-corrected chi connectivity index (χ0v) is 23.8. The number of rotatable bonds is 4. The molecule has 41 heavy (non-hydrogen) atoms. The van der Waals surface area contributed by atoms with Crippen LogP contribution in [0.25, 0.3) is 10.9 Å². The Bertz CT molecular complexity index is 1380. The van der Waals surface area contributed by atoms with Crippen LogP contribution in [0.1, 0.15) is 66.7 Å². The molecule has 10 heteroatoms. The minimum absolute atomic E-state index is 0.0531. The van der Waals surface area contributed by atoms with E-state index >= 15 is 0 Å². The van der Waals surface area contributed by atoms with Crippen LogP contribution in [0, 0.1) is 0 Å². The molecule has 3 heterocycles. The second-order valence-electron chi connectivity index (χ2n) is 12.0. The number of halogens is 3. The van der Waals surface area contributed by atoms with Crippen molar-refractivity contribution >= 4 is 22.9 Å². The zero-order chi connectivity index (χ0) is 29.4. The van der Waals surface area contributed by atoms with Gasteiger partial charge in [0.05, 0.1) is 5.56 Å². The summed E-state index contributed by atoms with van der Waals surface area (Å²) >= 11 is 0. The van der Waals surface area contributed by atoms with Crippen molar-refractivity contribution in [2.75, 3.05) is 39.3 Å². The van der Waals surface area contributed by atoms with Crippen molar-refractivity contribution in [1.29, 1.82) is 0 Å². The highest BCUT2D eigenvalue weighted by molar-refractivity contribution is 5.98. The number of ether oxygens (including phenoxy) is 1. The number of nitrogens with one attached hydrogen (secondary N) is 1. The molecular formula is C31H37F3N4O3. The molecule has 0 saturated carbocycles. The number of carbonyl (C=O) groups excluding carboxylic acids is 2. The van der Waals surface area contributed by atoms with Crippen LogP contribution in [-0.2, 0) is 17.5 Å². The van der Waals surface area contributed by atoms with Crippen LogP contribution in [0.4, 0.5) is 18.0 Å². The van der Waals surface area contributed by atoms with Crippen LogP contribution in [0.15, 0.2) is 48.5 Å². The average molecular weight is 571 g/mol. The molecule has 0 spiro atoms. The van der Waals surface area contributed by atoms with Gasteiger partial charge in [-0.15, -0.1) is 0 Å². The van der Waals surface area contributed by atoms with E-state index in [4.69, 9.17) is 4.74 Å². The van der Waals surface area contributed by atoms with Gasteiger partial charge in [-0.1, -0.05) is 18.2 Å². The number of aromatic amines is 1. The second kappa shape index (κ2) is 11.4. The predicted octanol–water partition coefficient (Wildman–Crippen LogP) is 6.26. The molecule has 0 unspecified atom stereocenters. The van der Waals surface area contributed by atoms with Gasteiger partial charge in [0.1, 0.15) is 11.3 Å². The second-order valence-corrected chi connectivity index (χ2v) is 12.0. The monoisotopic (exact) mass is 570 g/mol. The first-order valence-corrected chi connectivity index (χ1v) is 14.1. The Morgan fingerprint density at radius 1 is 0.878 bits per heavy atom. The standard InChI is InChI=1S/C31H37F3N4O3/c1-30(2,3)41-29(40)38-12-10-22(11-13-38)23-6-9-26-24(18-23)19-27(35-26)28(39)37-16-14-36(15-17-37)20-21-4-7-25(8-5-21)31(32,33)34/h4-9,18-19,22,35H,10-17,20H2,1-3H3. The van der Waals surface area contributed by atoms with Gasteiger partial charge in [-0.2, -0.15) is 13.2 Å². The molecule has 1 N–H and O–H groups in total. The highest BCUT2D eigenvalue weighted by Crippen LogP contribution is 2.32. The van der Waals surface area contributed by atoms with E-state index in [1.165, 1.54) is 17.7 Å². The lowest BCUT2D eigenvalue weighted by molar-refractivity contribution is -0.137. The van der Waals surface area contributed by atoms with Gasteiger partial charge in [-0.3, -0.25) is 9.69 Å². The van der Waals surface area contributed by atoms with Crippen LogP contribution in [-0.4, -0.2) is 76.6 Å². The highest BCUT2D eigenvalue weighted by atomic mass is 19.4. The van der Waals surface area contributed by atoms with E-state index in [0.29, 0.717) is 57.4 Å². The van der Waals surface area contributed by atoms with Crippen LogP contribution in [0.5, 0.6) is 0 Å². The summed E-state index contributed by atoms with van der Waals surface area (Å²) in [7, 11) is 0. The summed E-state index contributed by atoms with van der Waals surface area (Å²) in [6.45, 7) is 9.87. The molecule has 0 bridgehead atoms. The lowest BCUT2D eigenvalue weighted by Gasteiger charge is -2.34. The Morgan fingerprint density at radius 2 is 1.54 bits per heavy atom. The fourth-order valence-electron chi connectivity index (χ4n) is 5.58. The van der Waals surface area contributed by atoms with Crippen molar-refractivity contribution in [3.8, 4) is 0 Å². The van der Waals surface area contributed by atoms with Gasteiger partial charge in [0.2, 0.25) is 0 Å². The first-order chi connectivity index (χ1) is 19.4. The summed E-state index contributed by atoms with van der Waals surface area (Å²) in [4.78, 5) is 34.7. The number of carbonyl (C=O) groups is 2. The summed E-state index contributed by atoms with van der Waals surface area (Å²) in [5.41, 5.74) is 2.32. The van der Waals surface area contributed by atoms with Crippen molar-refractivity contribution in [3.63, 3.8) is 0 Å². The van der Waals surface area contributed by atoms with Crippen LogP contribution < -0.4 is 0 Å². The minimum Gasteiger partial charge on any atom is -0.444 e. The number of likely N-dealkylation sites (tertiary alicyclic amines) is 1. The Labute approximate surface area is 238 Å². The Hall–Kier alpha value is -3.53. The zero-order valence-electron chi connectivity index (χ0n) is 23.8. The SMILES string of the molecule is CC(C)(C)OC(=O)N1CCC(c2ccc3[nH]c(C(=O)N4CCN(Cc5ccc(C(F)(F)F)cc5)CC4)cc3c2)CC1. The third-order valence-corrected chi connectivity index (χ3v) is 7.84. The van der Waals surface area contributed by atoms with E-state index in [1.54, 1.807) is 4.90 Å². The van der Waals surface area contributed by atoms with E-state index in [1.807, 2.05) is 37.8 Å². The molecule has 2 amide bonds. The van der Waals surface area contributed by atoms with Crippen LogP contribution in [0.2, 0.25) is 0 Å². The first kappa shape index (κ1) is 29.0.